The smallest absolute Gasteiger partial charge is 0.104 e. The number of aliphatic hydroxyl groups excluding tert-OH is 1. The Kier molecular flexibility index (Phi) is 3.99. The van der Waals surface area contributed by atoms with Crippen molar-refractivity contribution in [2.24, 2.45) is 5.92 Å². The third-order valence-corrected chi connectivity index (χ3v) is 3.52. The highest BCUT2D eigenvalue weighted by Crippen LogP contribution is 2.26. The molecule has 3 N–H and O–H groups in total. The number of hydrogen-bond acceptors (Lipinski definition) is 3. The van der Waals surface area contributed by atoms with Gasteiger partial charge in [-0.2, -0.15) is 0 Å². The Labute approximate surface area is 107 Å². The van der Waals surface area contributed by atoms with Crippen LogP contribution in [0.1, 0.15) is 30.8 Å². The van der Waals surface area contributed by atoms with E-state index in [2.05, 4.69) is 34.3 Å². The van der Waals surface area contributed by atoms with Crippen LogP contribution < -0.4 is 5.32 Å². The number of rotatable bonds is 5. The topological polar surface area (TPSA) is 60.9 Å². The first kappa shape index (κ1) is 13.1. The summed E-state index contributed by atoms with van der Waals surface area (Å²) in [6, 6.07) is 6.41. The SMILES string of the molecule is CCC(CO)C(NC)c1ccc2nc(C)[nH]c2c1. The van der Waals surface area contributed by atoms with Crippen molar-refractivity contribution < 1.29 is 5.11 Å². The first-order valence-electron chi connectivity index (χ1n) is 6.44. The predicted octanol–water partition coefficient (Wildman–Crippen LogP) is 2.15. The molecule has 1 aromatic heterocycles. The van der Waals surface area contributed by atoms with Gasteiger partial charge in [-0.15, -0.1) is 0 Å². The fourth-order valence-electron chi connectivity index (χ4n) is 2.49. The van der Waals surface area contributed by atoms with Crippen LogP contribution >= 0.6 is 0 Å². The summed E-state index contributed by atoms with van der Waals surface area (Å²) in [4.78, 5) is 7.65. The number of imidazole rings is 1. The van der Waals surface area contributed by atoms with E-state index in [1.165, 1.54) is 5.56 Å². The number of aliphatic hydroxyl groups is 1. The monoisotopic (exact) mass is 247 g/mol. The fraction of sp³-hybridized carbons (Fsp3) is 0.500. The second-order valence-corrected chi connectivity index (χ2v) is 4.72. The number of hydrogen-bond donors (Lipinski definition) is 3. The predicted molar refractivity (Wildman–Crippen MR) is 73.5 cm³/mol. The summed E-state index contributed by atoms with van der Waals surface area (Å²) in [5, 5.41) is 12.7. The molecule has 0 aliphatic carbocycles. The van der Waals surface area contributed by atoms with Crippen LogP contribution in [0.5, 0.6) is 0 Å². The van der Waals surface area contributed by atoms with Crippen LogP contribution in [0.25, 0.3) is 11.0 Å². The van der Waals surface area contributed by atoms with Gasteiger partial charge >= 0.3 is 0 Å². The molecule has 0 spiro atoms. The van der Waals surface area contributed by atoms with E-state index in [-0.39, 0.29) is 18.6 Å². The van der Waals surface area contributed by atoms with Crippen molar-refractivity contribution in [3.63, 3.8) is 0 Å². The van der Waals surface area contributed by atoms with E-state index in [0.29, 0.717) is 0 Å². The van der Waals surface area contributed by atoms with Crippen molar-refractivity contribution in [3.05, 3.63) is 29.6 Å². The third-order valence-electron chi connectivity index (χ3n) is 3.52. The molecule has 2 atom stereocenters. The van der Waals surface area contributed by atoms with Crippen molar-refractivity contribution in [2.45, 2.75) is 26.3 Å². The summed E-state index contributed by atoms with van der Waals surface area (Å²) in [5.74, 6) is 1.16. The molecule has 4 nitrogen and oxygen atoms in total. The number of nitrogens with one attached hydrogen (secondary N) is 2. The molecule has 18 heavy (non-hydrogen) atoms. The van der Waals surface area contributed by atoms with Gasteiger partial charge in [0.1, 0.15) is 5.82 Å². The van der Waals surface area contributed by atoms with Gasteiger partial charge in [0.25, 0.3) is 0 Å². The van der Waals surface area contributed by atoms with Crippen molar-refractivity contribution in [1.29, 1.82) is 0 Å². The number of aromatic amines is 1. The van der Waals surface area contributed by atoms with Crippen molar-refractivity contribution in [1.82, 2.24) is 15.3 Å². The summed E-state index contributed by atoms with van der Waals surface area (Å²) in [6.07, 6.45) is 0.946. The van der Waals surface area contributed by atoms with Crippen LogP contribution in [-0.4, -0.2) is 28.7 Å². The van der Waals surface area contributed by atoms with Crippen molar-refractivity contribution in [2.75, 3.05) is 13.7 Å². The Morgan fingerprint density at radius 3 is 2.83 bits per heavy atom. The summed E-state index contributed by atoms with van der Waals surface area (Å²) >= 11 is 0. The van der Waals surface area contributed by atoms with Gasteiger partial charge in [-0.05, 0) is 38.1 Å². The zero-order valence-electron chi connectivity index (χ0n) is 11.2. The minimum Gasteiger partial charge on any atom is -0.396 e. The number of aromatic nitrogens is 2. The zero-order valence-corrected chi connectivity index (χ0v) is 11.2. The molecule has 4 heteroatoms. The molecule has 98 valence electrons. The minimum atomic E-state index is 0.174. The molecular formula is C14H21N3O. The summed E-state index contributed by atoms with van der Waals surface area (Å²) in [7, 11) is 1.94. The standard InChI is InChI=1S/C14H21N3O/c1-4-10(8-18)14(15-3)11-5-6-12-13(7-11)17-9(2)16-12/h5-7,10,14-15,18H,4,8H2,1-3H3,(H,16,17). The van der Waals surface area contributed by atoms with Gasteiger partial charge in [0.15, 0.2) is 0 Å². The number of nitrogens with zero attached hydrogens (tertiary/aromatic N) is 1. The highest BCUT2D eigenvalue weighted by atomic mass is 16.3. The van der Waals surface area contributed by atoms with Crippen LogP contribution in [0.2, 0.25) is 0 Å². The molecule has 0 radical (unpaired) electrons. The van der Waals surface area contributed by atoms with Gasteiger partial charge in [0.05, 0.1) is 11.0 Å². The first-order valence-corrected chi connectivity index (χ1v) is 6.44. The van der Waals surface area contributed by atoms with Gasteiger partial charge in [0.2, 0.25) is 0 Å². The average molecular weight is 247 g/mol. The van der Waals surface area contributed by atoms with Gasteiger partial charge < -0.3 is 15.4 Å². The Hall–Kier alpha value is -1.39. The Morgan fingerprint density at radius 2 is 2.22 bits per heavy atom. The zero-order chi connectivity index (χ0) is 13.1. The molecule has 1 aromatic carbocycles. The number of benzene rings is 1. The number of H-pyrrole nitrogens is 1. The van der Waals surface area contributed by atoms with Gasteiger partial charge in [0, 0.05) is 18.6 Å². The van der Waals surface area contributed by atoms with E-state index in [4.69, 9.17) is 0 Å². The molecule has 0 saturated carbocycles. The van der Waals surface area contributed by atoms with E-state index in [0.717, 1.165) is 23.3 Å². The summed E-state index contributed by atoms with van der Waals surface area (Å²) in [5.41, 5.74) is 3.23. The molecular weight excluding hydrogens is 226 g/mol. The van der Waals surface area contributed by atoms with Crippen LogP contribution in [0.15, 0.2) is 18.2 Å². The van der Waals surface area contributed by atoms with E-state index in [1.54, 1.807) is 0 Å². The maximum Gasteiger partial charge on any atom is 0.104 e. The van der Waals surface area contributed by atoms with E-state index in [1.807, 2.05) is 20.0 Å². The largest absolute Gasteiger partial charge is 0.396 e. The van der Waals surface area contributed by atoms with Crippen LogP contribution in [-0.2, 0) is 0 Å². The maximum atomic E-state index is 9.45. The lowest BCUT2D eigenvalue weighted by Gasteiger charge is -2.24. The van der Waals surface area contributed by atoms with Gasteiger partial charge in [-0.1, -0.05) is 13.0 Å². The van der Waals surface area contributed by atoms with Gasteiger partial charge in [-0.25, -0.2) is 4.98 Å². The molecule has 2 aromatic rings. The quantitative estimate of drug-likeness (QED) is 0.758. The lowest BCUT2D eigenvalue weighted by Crippen LogP contribution is -2.27. The molecule has 0 bridgehead atoms. The summed E-state index contributed by atoms with van der Waals surface area (Å²) in [6.45, 7) is 4.25. The van der Waals surface area contributed by atoms with Crippen LogP contribution in [0.4, 0.5) is 0 Å². The second-order valence-electron chi connectivity index (χ2n) is 4.72. The molecule has 0 aliphatic rings. The van der Waals surface area contributed by atoms with Crippen molar-refractivity contribution in [3.8, 4) is 0 Å². The van der Waals surface area contributed by atoms with Crippen molar-refractivity contribution >= 4 is 11.0 Å². The normalized spacial score (nSPS) is 14.9. The van der Waals surface area contributed by atoms with E-state index >= 15 is 0 Å². The lowest BCUT2D eigenvalue weighted by atomic mass is 9.91. The van der Waals surface area contributed by atoms with Gasteiger partial charge in [-0.3, -0.25) is 0 Å². The Bertz CT molecular complexity index is 517. The minimum absolute atomic E-state index is 0.174. The molecule has 0 amide bonds. The fourth-order valence-corrected chi connectivity index (χ4v) is 2.49. The van der Waals surface area contributed by atoms with Crippen LogP contribution in [0.3, 0.4) is 0 Å². The highest BCUT2D eigenvalue weighted by Gasteiger charge is 2.19. The molecule has 0 fully saturated rings. The van der Waals surface area contributed by atoms with E-state index in [9.17, 15) is 5.11 Å². The number of aryl methyl sites for hydroxylation is 1. The highest BCUT2D eigenvalue weighted by molar-refractivity contribution is 5.76. The number of fused-ring (bicyclic) bond motifs is 1. The molecule has 0 aliphatic heterocycles. The first-order chi connectivity index (χ1) is 8.69. The third kappa shape index (κ3) is 2.40. The Morgan fingerprint density at radius 1 is 1.44 bits per heavy atom. The van der Waals surface area contributed by atoms with E-state index < -0.39 is 0 Å². The average Bonchev–Trinajstić information content (AvgIpc) is 2.74. The molecule has 0 saturated heterocycles. The molecule has 1 heterocycles. The molecule has 2 rings (SSSR count). The molecule has 2 unspecified atom stereocenters. The Balaban J connectivity index is 2.38. The van der Waals surface area contributed by atoms with Crippen LogP contribution in [0, 0.1) is 12.8 Å². The lowest BCUT2D eigenvalue weighted by molar-refractivity contribution is 0.189. The summed E-state index contributed by atoms with van der Waals surface area (Å²) < 4.78 is 0. The maximum absolute atomic E-state index is 9.45. The second kappa shape index (κ2) is 5.50.